The van der Waals surface area contributed by atoms with Crippen LogP contribution in [0.5, 0.6) is 0 Å². The van der Waals surface area contributed by atoms with Gasteiger partial charge in [-0.1, -0.05) is 13.3 Å². The van der Waals surface area contributed by atoms with Gasteiger partial charge in [-0.3, -0.25) is 9.89 Å². The number of hydrogen-bond donors (Lipinski definition) is 1. The first-order valence-corrected chi connectivity index (χ1v) is 6.55. The Morgan fingerprint density at radius 2 is 2.18 bits per heavy atom. The van der Waals surface area contributed by atoms with Gasteiger partial charge in [-0.05, 0) is 32.1 Å². The average molecular weight is 235 g/mol. The van der Waals surface area contributed by atoms with Crippen LogP contribution >= 0.6 is 0 Å². The van der Waals surface area contributed by atoms with E-state index in [4.69, 9.17) is 0 Å². The number of hydrogen-bond acceptors (Lipinski definition) is 2. The zero-order valence-electron chi connectivity index (χ0n) is 10.8. The van der Waals surface area contributed by atoms with E-state index in [1.165, 1.54) is 18.5 Å². The summed E-state index contributed by atoms with van der Waals surface area (Å²) >= 11 is 0. The highest BCUT2D eigenvalue weighted by atomic mass is 16.2. The van der Waals surface area contributed by atoms with Crippen LogP contribution in [0.4, 0.5) is 0 Å². The number of carbonyl (C=O) groups is 1. The fourth-order valence-electron chi connectivity index (χ4n) is 2.34. The molecule has 1 heterocycles. The molecule has 0 atom stereocenters. The molecule has 4 heteroatoms. The zero-order chi connectivity index (χ0) is 12.3. The van der Waals surface area contributed by atoms with Crippen LogP contribution in [-0.2, 0) is 12.8 Å². The van der Waals surface area contributed by atoms with E-state index in [-0.39, 0.29) is 5.91 Å². The molecule has 0 fully saturated rings. The molecule has 4 nitrogen and oxygen atoms in total. The van der Waals surface area contributed by atoms with Crippen LogP contribution in [0, 0.1) is 0 Å². The number of rotatable bonds is 4. The topological polar surface area (TPSA) is 49.0 Å². The van der Waals surface area contributed by atoms with Gasteiger partial charge < -0.3 is 4.90 Å². The number of fused-ring (bicyclic) bond motifs is 1. The molecule has 94 valence electrons. The van der Waals surface area contributed by atoms with Crippen molar-refractivity contribution in [1.82, 2.24) is 15.1 Å². The minimum Gasteiger partial charge on any atom is -0.340 e. The van der Waals surface area contributed by atoms with Crippen molar-refractivity contribution in [2.45, 2.75) is 45.4 Å². The van der Waals surface area contributed by atoms with Crippen molar-refractivity contribution in [2.24, 2.45) is 0 Å². The van der Waals surface area contributed by atoms with Gasteiger partial charge in [0, 0.05) is 24.8 Å². The molecule has 17 heavy (non-hydrogen) atoms. The fourth-order valence-corrected chi connectivity index (χ4v) is 2.34. The lowest BCUT2D eigenvalue weighted by Crippen LogP contribution is -2.29. The highest BCUT2D eigenvalue weighted by Crippen LogP contribution is 2.22. The SMILES string of the molecule is CCCCN(C)C(=O)c1n[nH]c2c1CCCC2. The predicted molar refractivity (Wildman–Crippen MR) is 67.1 cm³/mol. The summed E-state index contributed by atoms with van der Waals surface area (Å²) in [5.41, 5.74) is 2.98. The van der Waals surface area contributed by atoms with E-state index in [1.54, 1.807) is 4.90 Å². The molecule has 1 aromatic heterocycles. The second-order valence-electron chi connectivity index (χ2n) is 4.82. The van der Waals surface area contributed by atoms with Crippen LogP contribution in [0.3, 0.4) is 0 Å². The molecule has 1 aliphatic rings. The van der Waals surface area contributed by atoms with E-state index in [0.29, 0.717) is 5.69 Å². The quantitative estimate of drug-likeness (QED) is 0.869. The van der Waals surface area contributed by atoms with E-state index in [0.717, 1.165) is 37.8 Å². The smallest absolute Gasteiger partial charge is 0.274 e. The normalized spacial score (nSPS) is 14.5. The molecule has 0 saturated carbocycles. The summed E-state index contributed by atoms with van der Waals surface area (Å²) in [6.07, 6.45) is 6.56. The molecule has 1 aromatic rings. The third kappa shape index (κ3) is 2.51. The molecular weight excluding hydrogens is 214 g/mol. The number of amides is 1. The minimum atomic E-state index is 0.0675. The Labute approximate surface area is 102 Å². The van der Waals surface area contributed by atoms with Crippen molar-refractivity contribution in [1.29, 1.82) is 0 Å². The molecule has 1 aliphatic carbocycles. The maximum Gasteiger partial charge on any atom is 0.274 e. The number of aromatic nitrogens is 2. The van der Waals surface area contributed by atoms with Crippen LogP contribution in [0.2, 0.25) is 0 Å². The van der Waals surface area contributed by atoms with Crippen molar-refractivity contribution >= 4 is 5.91 Å². The van der Waals surface area contributed by atoms with Crippen molar-refractivity contribution in [3.63, 3.8) is 0 Å². The lowest BCUT2D eigenvalue weighted by atomic mass is 9.95. The molecule has 0 saturated heterocycles. The first-order valence-electron chi connectivity index (χ1n) is 6.55. The number of nitrogens with one attached hydrogen (secondary N) is 1. The van der Waals surface area contributed by atoms with Gasteiger partial charge in [-0.2, -0.15) is 5.10 Å². The summed E-state index contributed by atoms with van der Waals surface area (Å²) in [6.45, 7) is 2.95. The standard InChI is InChI=1S/C13H21N3O/c1-3-4-9-16(2)13(17)12-10-7-5-6-8-11(10)14-15-12/h3-9H2,1-2H3,(H,14,15). The molecule has 0 spiro atoms. The minimum absolute atomic E-state index is 0.0675. The molecule has 1 N–H and O–H groups in total. The highest BCUT2D eigenvalue weighted by molar-refractivity contribution is 5.93. The largest absolute Gasteiger partial charge is 0.340 e. The van der Waals surface area contributed by atoms with Crippen LogP contribution in [0.15, 0.2) is 0 Å². The van der Waals surface area contributed by atoms with Gasteiger partial charge in [0.05, 0.1) is 0 Å². The number of aryl methyl sites for hydroxylation is 1. The summed E-state index contributed by atoms with van der Waals surface area (Å²) in [6, 6.07) is 0. The van der Waals surface area contributed by atoms with E-state index >= 15 is 0 Å². The zero-order valence-corrected chi connectivity index (χ0v) is 10.8. The summed E-state index contributed by atoms with van der Waals surface area (Å²) in [4.78, 5) is 14.0. The van der Waals surface area contributed by atoms with Gasteiger partial charge >= 0.3 is 0 Å². The van der Waals surface area contributed by atoms with E-state index in [1.807, 2.05) is 7.05 Å². The molecule has 0 aliphatic heterocycles. The van der Waals surface area contributed by atoms with Gasteiger partial charge in [0.25, 0.3) is 5.91 Å². The van der Waals surface area contributed by atoms with Crippen LogP contribution in [0.25, 0.3) is 0 Å². The Kier molecular flexibility index (Phi) is 3.82. The first-order chi connectivity index (χ1) is 8.24. The van der Waals surface area contributed by atoms with Crippen molar-refractivity contribution in [3.05, 3.63) is 17.0 Å². The second-order valence-corrected chi connectivity index (χ2v) is 4.82. The van der Waals surface area contributed by atoms with Gasteiger partial charge in [0.1, 0.15) is 0 Å². The van der Waals surface area contributed by atoms with E-state index in [2.05, 4.69) is 17.1 Å². The number of aromatic amines is 1. The van der Waals surface area contributed by atoms with Gasteiger partial charge in [0.2, 0.25) is 0 Å². The number of unbranched alkanes of at least 4 members (excludes halogenated alkanes) is 1. The van der Waals surface area contributed by atoms with Gasteiger partial charge in [-0.15, -0.1) is 0 Å². The number of H-pyrrole nitrogens is 1. The Morgan fingerprint density at radius 3 is 2.94 bits per heavy atom. The van der Waals surface area contributed by atoms with Gasteiger partial charge in [0.15, 0.2) is 5.69 Å². The molecule has 0 bridgehead atoms. The third-order valence-corrected chi connectivity index (χ3v) is 3.45. The maximum absolute atomic E-state index is 12.2. The van der Waals surface area contributed by atoms with Crippen molar-refractivity contribution in [3.8, 4) is 0 Å². The Morgan fingerprint density at radius 1 is 1.41 bits per heavy atom. The summed E-state index contributed by atoms with van der Waals surface area (Å²) in [5.74, 6) is 0.0675. The maximum atomic E-state index is 12.2. The van der Waals surface area contributed by atoms with E-state index < -0.39 is 0 Å². The third-order valence-electron chi connectivity index (χ3n) is 3.45. The average Bonchev–Trinajstić information content (AvgIpc) is 2.78. The Bertz CT molecular complexity index is 397. The fraction of sp³-hybridized carbons (Fsp3) is 0.692. The van der Waals surface area contributed by atoms with E-state index in [9.17, 15) is 4.79 Å². The summed E-state index contributed by atoms with van der Waals surface area (Å²) < 4.78 is 0. The van der Waals surface area contributed by atoms with Crippen LogP contribution < -0.4 is 0 Å². The lowest BCUT2D eigenvalue weighted by molar-refractivity contribution is 0.0786. The Balaban J connectivity index is 2.11. The lowest BCUT2D eigenvalue weighted by Gasteiger charge is -2.17. The van der Waals surface area contributed by atoms with Crippen LogP contribution in [0.1, 0.15) is 54.4 Å². The molecule has 0 unspecified atom stereocenters. The highest BCUT2D eigenvalue weighted by Gasteiger charge is 2.23. The molecular formula is C13H21N3O. The molecule has 2 rings (SSSR count). The van der Waals surface area contributed by atoms with Crippen LogP contribution in [-0.4, -0.2) is 34.6 Å². The predicted octanol–water partition coefficient (Wildman–Crippen LogP) is 2.16. The number of nitrogens with zero attached hydrogens (tertiary/aromatic N) is 2. The second kappa shape index (κ2) is 5.34. The summed E-state index contributed by atoms with van der Waals surface area (Å²) in [7, 11) is 1.86. The van der Waals surface area contributed by atoms with Crippen molar-refractivity contribution in [2.75, 3.05) is 13.6 Å². The monoisotopic (exact) mass is 235 g/mol. The number of carbonyl (C=O) groups excluding carboxylic acids is 1. The Hall–Kier alpha value is -1.32. The molecule has 0 aromatic carbocycles. The molecule has 0 radical (unpaired) electrons. The van der Waals surface area contributed by atoms with Crippen molar-refractivity contribution < 1.29 is 4.79 Å². The van der Waals surface area contributed by atoms with Gasteiger partial charge in [-0.25, -0.2) is 0 Å². The first kappa shape index (κ1) is 12.1. The summed E-state index contributed by atoms with van der Waals surface area (Å²) in [5, 5.41) is 7.23. The molecule has 1 amide bonds.